The Morgan fingerprint density at radius 2 is 1.90 bits per heavy atom. The van der Waals surface area contributed by atoms with E-state index in [0.717, 1.165) is 38.0 Å². The van der Waals surface area contributed by atoms with Crippen LogP contribution in [-0.2, 0) is 6.54 Å². The summed E-state index contributed by atoms with van der Waals surface area (Å²) in [6, 6.07) is 9.25. The van der Waals surface area contributed by atoms with E-state index in [0.29, 0.717) is 0 Å². The molecule has 1 aromatic rings. The average Bonchev–Trinajstić information content (AvgIpc) is 3.03. The fraction of sp³-hybridized carbons (Fsp3) is 0.667. The predicted molar refractivity (Wildman–Crippen MR) is 88.8 cm³/mol. The maximum Gasteiger partial charge on any atom is 0.119 e. The summed E-state index contributed by atoms with van der Waals surface area (Å²) < 4.78 is 5.85. The van der Waals surface area contributed by atoms with Crippen molar-refractivity contribution in [3.8, 4) is 5.75 Å². The van der Waals surface area contributed by atoms with E-state index in [2.05, 4.69) is 48.5 Å². The van der Waals surface area contributed by atoms with Gasteiger partial charge in [0.2, 0.25) is 0 Å². The van der Waals surface area contributed by atoms with Gasteiger partial charge in [0, 0.05) is 19.1 Å². The van der Waals surface area contributed by atoms with Crippen LogP contribution in [0.1, 0.15) is 44.6 Å². The van der Waals surface area contributed by atoms with Crippen LogP contribution < -0.4 is 10.1 Å². The van der Waals surface area contributed by atoms with Gasteiger partial charge in [-0.1, -0.05) is 31.9 Å². The summed E-state index contributed by atoms with van der Waals surface area (Å²) in [4.78, 5) is 2.45. The van der Waals surface area contributed by atoms with Gasteiger partial charge in [0.15, 0.2) is 0 Å². The predicted octanol–water partition coefficient (Wildman–Crippen LogP) is 3.44. The van der Waals surface area contributed by atoms with E-state index in [-0.39, 0.29) is 0 Å². The average molecular weight is 290 g/mol. The molecule has 1 fully saturated rings. The van der Waals surface area contributed by atoms with Crippen molar-refractivity contribution in [3.63, 3.8) is 0 Å². The molecule has 0 aromatic heterocycles. The molecule has 1 aromatic carbocycles. The van der Waals surface area contributed by atoms with Gasteiger partial charge in [0.05, 0.1) is 0 Å². The van der Waals surface area contributed by atoms with Crippen molar-refractivity contribution in [2.75, 3.05) is 26.7 Å². The number of ether oxygens (including phenoxy) is 1. The number of nitrogens with zero attached hydrogens (tertiary/aromatic N) is 1. The maximum atomic E-state index is 5.85. The van der Waals surface area contributed by atoms with E-state index in [9.17, 15) is 0 Å². The Labute approximate surface area is 129 Å². The third-order valence-electron chi connectivity index (χ3n) is 4.34. The number of hydrogen-bond acceptors (Lipinski definition) is 3. The van der Waals surface area contributed by atoms with E-state index < -0.39 is 0 Å². The molecule has 0 atom stereocenters. The second-order valence-electron chi connectivity index (χ2n) is 6.09. The molecule has 3 heteroatoms. The Kier molecular flexibility index (Phi) is 7.04. The summed E-state index contributed by atoms with van der Waals surface area (Å²) in [6.07, 6.45) is 6.68. The van der Waals surface area contributed by atoms with Crippen molar-refractivity contribution in [3.05, 3.63) is 29.8 Å². The van der Waals surface area contributed by atoms with Crippen molar-refractivity contribution >= 4 is 0 Å². The van der Waals surface area contributed by atoms with Crippen LogP contribution in [0, 0.1) is 0 Å². The number of hydrogen-bond donors (Lipinski definition) is 1. The van der Waals surface area contributed by atoms with Gasteiger partial charge in [0.1, 0.15) is 12.4 Å². The summed E-state index contributed by atoms with van der Waals surface area (Å²) in [5.74, 6) is 0.981. The fourth-order valence-electron chi connectivity index (χ4n) is 2.95. The standard InChI is InChI=1S/C18H30N2O/c1-3-12-19-15-16-8-10-18(11-9-16)21-14-13-20(2)17-6-4-5-7-17/h8-11,17,19H,3-7,12-15H2,1-2H3. The van der Waals surface area contributed by atoms with Gasteiger partial charge < -0.3 is 15.0 Å². The van der Waals surface area contributed by atoms with Crippen molar-refractivity contribution in [2.24, 2.45) is 0 Å². The van der Waals surface area contributed by atoms with Gasteiger partial charge >= 0.3 is 0 Å². The lowest BCUT2D eigenvalue weighted by molar-refractivity contribution is 0.193. The van der Waals surface area contributed by atoms with Gasteiger partial charge in [-0.25, -0.2) is 0 Å². The highest BCUT2D eigenvalue weighted by Crippen LogP contribution is 2.22. The lowest BCUT2D eigenvalue weighted by atomic mass is 10.2. The summed E-state index contributed by atoms with van der Waals surface area (Å²) >= 11 is 0. The quantitative estimate of drug-likeness (QED) is 0.705. The van der Waals surface area contributed by atoms with Gasteiger partial charge in [-0.3, -0.25) is 0 Å². The highest BCUT2D eigenvalue weighted by Gasteiger charge is 2.18. The van der Waals surface area contributed by atoms with E-state index >= 15 is 0 Å². The summed E-state index contributed by atoms with van der Waals surface area (Å²) in [6.45, 7) is 6.00. The second kappa shape index (κ2) is 9.06. The Hall–Kier alpha value is -1.06. The van der Waals surface area contributed by atoms with Crippen molar-refractivity contribution in [1.29, 1.82) is 0 Å². The van der Waals surface area contributed by atoms with Gasteiger partial charge in [-0.05, 0) is 50.6 Å². The number of likely N-dealkylation sites (N-methyl/N-ethyl adjacent to an activating group) is 1. The first-order chi connectivity index (χ1) is 10.3. The monoisotopic (exact) mass is 290 g/mol. The van der Waals surface area contributed by atoms with Crippen LogP contribution in [0.15, 0.2) is 24.3 Å². The van der Waals surface area contributed by atoms with Crippen LogP contribution >= 0.6 is 0 Å². The normalized spacial score (nSPS) is 15.8. The minimum absolute atomic E-state index is 0.778. The third kappa shape index (κ3) is 5.68. The van der Waals surface area contributed by atoms with E-state index in [4.69, 9.17) is 4.74 Å². The molecule has 1 saturated carbocycles. The highest BCUT2D eigenvalue weighted by atomic mass is 16.5. The molecule has 1 N–H and O–H groups in total. The zero-order valence-corrected chi connectivity index (χ0v) is 13.6. The molecule has 0 spiro atoms. The van der Waals surface area contributed by atoms with Crippen LogP contribution in [0.5, 0.6) is 5.75 Å². The topological polar surface area (TPSA) is 24.5 Å². The molecule has 0 radical (unpaired) electrons. The molecule has 0 amide bonds. The van der Waals surface area contributed by atoms with Crippen molar-refractivity contribution in [2.45, 2.75) is 51.6 Å². The molecule has 21 heavy (non-hydrogen) atoms. The van der Waals surface area contributed by atoms with Crippen LogP contribution in [0.2, 0.25) is 0 Å². The first-order valence-corrected chi connectivity index (χ1v) is 8.42. The second-order valence-corrected chi connectivity index (χ2v) is 6.09. The zero-order valence-electron chi connectivity index (χ0n) is 13.6. The number of benzene rings is 1. The molecule has 0 bridgehead atoms. The highest BCUT2D eigenvalue weighted by molar-refractivity contribution is 5.27. The van der Waals surface area contributed by atoms with Crippen LogP contribution in [0.3, 0.4) is 0 Å². The molecule has 2 rings (SSSR count). The summed E-state index contributed by atoms with van der Waals surface area (Å²) in [5.41, 5.74) is 1.32. The van der Waals surface area contributed by atoms with Gasteiger partial charge in [0.25, 0.3) is 0 Å². The first-order valence-electron chi connectivity index (χ1n) is 8.42. The summed E-state index contributed by atoms with van der Waals surface area (Å²) in [5, 5.41) is 3.41. The molecule has 0 aliphatic heterocycles. The Morgan fingerprint density at radius 1 is 1.19 bits per heavy atom. The smallest absolute Gasteiger partial charge is 0.119 e. The van der Waals surface area contributed by atoms with Crippen molar-refractivity contribution < 1.29 is 4.74 Å². The molecule has 0 heterocycles. The first kappa shape index (κ1) is 16.3. The third-order valence-corrected chi connectivity index (χ3v) is 4.34. The zero-order chi connectivity index (χ0) is 14.9. The van der Waals surface area contributed by atoms with Crippen molar-refractivity contribution in [1.82, 2.24) is 10.2 Å². The van der Waals surface area contributed by atoms with Crippen LogP contribution in [-0.4, -0.2) is 37.7 Å². The van der Waals surface area contributed by atoms with E-state index in [1.165, 1.54) is 37.7 Å². The van der Waals surface area contributed by atoms with Gasteiger partial charge in [-0.2, -0.15) is 0 Å². The number of rotatable bonds is 9. The molecule has 1 aliphatic carbocycles. The lowest BCUT2D eigenvalue weighted by Crippen LogP contribution is -2.32. The fourth-order valence-corrected chi connectivity index (χ4v) is 2.95. The lowest BCUT2D eigenvalue weighted by Gasteiger charge is -2.23. The summed E-state index contributed by atoms with van der Waals surface area (Å²) in [7, 11) is 2.22. The SMILES string of the molecule is CCCNCc1ccc(OCCN(C)C2CCCC2)cc1. The van der Waals surface area contributed by atoms with Crippen LogP contribution in [0.4, 0.5) is 0 Å². The number of nitrogens with one attached hydrogen (secondary N) is 1. The molecular weight excluding hydrogens is 260 g/mol. The molecule has 0 saturated heterocycles. The Morgan fingerprint density at radius 3 is 2.57 bits per heavy atom. The molecule has 1 aliphatic rings. The Bertz CT molecular complexity index is 385. The van der Waals surface area contributed by atoms with Gasteiger partial charge in [-0.15, -0.1) is 0 Å². The molecular formula is C18H30N2O. The van der Waals surface area contributed by atoms with E-state index in [1.54, 1.807) is 0 Å². The molecule has 0 unspecified atom stereocenters. The van der Waals surface area contributed by atoms with Crippen LogP contribution in [0.25, 0.3) is 0 Å². The minimum Gasteiger partial charge on any atom is -0.492 e. The maximum absolute atomic E-state index is 5.85. The molecule has 3 nitrogen and oxygen atoms in total. The van der Waals surface area contributed by atoms with E-state index in [1.807, 2.05) is 0 Å². The molecule has 118 valence electrons. The minimum atomic E-state index is 0.778. The largest absolute Gasteiger partial charge is 0.492 e. The Balaban J connectivity index is 1.66.